The Morgan fingerprint density at radius 2 is 1.80 bits per heavy atom. The maximum absolute atomic E-state index is 12.7. The number of halogens is 3. The van der Waals surface area contributed by atoms with Crippen LogP contribution in [-0.4, -0.2) is 61.1 Å². The lowest BCUT2D eigenvalue weighted by atomic mass is 10.2. The van der Waals surface area contributed by atoms with Crippen molar-refractivity contribution in [3.05, 3.63) is 29.8 Å². The predicted octanol–water partition coefficient (Wildman–Crippen LogP) is 2.42. The fraction of sp³-hybridized carbons (Fsp3) is 0.500. The van der Waals surface area contributed by atoms with Gasteiger partial charge in [-0.25, -0.2) is 4.79 Å². The minimum absolute atomic E-state index is 0.110. The van der Waals surface area contributed by atoms with E-state index in [0.29, 0.717) is 32.8 Å². The summed E-state index contributed by atoms with van der Waals surface area (Å²) in [5.41, 5.74) is -0.540. The fourth-order valence-corrected chi connectivity index (χ4v) is 2.45. The van der Waals surface area contributed by atoms with Gasteiger partial charge >= 0.3 is 12.3 Å². The number of alkyl halides is 3. The Balaban J connectivity index is 1.83. The van der Waals surface area contributed by atoms with Gasteiger partial charge in [-0.2, -0.15) is 13.2 Å². The zero-order valence-corrected chi connectivity index (χ0v) is 13.8. The smallest absolute Gasteiger partial charge is 0.416 e. The third kappa shape index (κ3) is 5.27. The van der Waals surface area contributed by atoms with Crippen molar-refractivity contribution >= 4 is 17.7 Å². The maximum Gasteiger partial charge on any atom is 0.416 e. The average Bonchev–Trinajstić information content (AvgIpc) is 2.59. The number of carbonyl (C=O) groups is 2. The van der Waals surface area contributed by atoms with Crippen LogP contribution in [0.15, 0.2) is 24.3 Å². The van der Waals surface area contributed by atoms with E-state index in [1.807, 2.05) is 0 Å². The number of piperazine rings is 1. The molecule has 25 heavy (non-hydrogen) atoms. The summed E-state index contributed by atoms with van der Waals surface area (Å²) in [7, 11) is 0. The number of hydrogen-bond acceptors (Lipinski definition) is 4. The molecular weight excluding hydrogens is 339 g/mol. The Labute approximate surface area is 143 Å². The molecule has 138 valence electrons. The minimum Gasteiger partial charge on any atom is -0.450 e. The Morgan fingerprint density at radius 3 is 2.40 bits per heavy atom. The van der Waals surface area contributed by atoms with Crippen molar-refractivity contribution < 1.29 is 27.5 Å². The van der Waals surface area contributed by atoms with Crippen LogP contribution in [0.3, 0.4) is 0 Å². The molecule has 1 fully saturated rings. The molecule has 0 bridgehead atoms. The first kappa shape index (κ1) is 18.9. The molecular formula is C16H20F3N3O3. The van der Waals surface area contributed by atoms with E-state index in [0.717, 1.165) is 12.1 Å². The van der Waals surface area contributed by atoms with Gasteiger partial charge in [-0.15, -0.1) is 0 Å². The fourth-order valence-electron chi connectivity index (χ4n) is 2.45. The van der Waals surface area contributed by atoms with Crippen LogP contribution in [0.1, 0.15) is 12.5 Å². The molecule has 1 heterocycles. The van der Waals surface area contributed by atoms with Gasteiger partial charge in [0.2, 0.25) is 5.91 Å². The summed E-state index contributed by atoms with van der Waals surface area (Å²) in [6.45, 7) is 3.36. The first-order valence-electron chi connectivity index (χ1n) is 7.92. The molecule has 0 radical (unpaired) electrons. The highest BCUT2D eigenvalue weighted by Gasteiger charge is 2.30. The number of rotatable bonds is 4. The average molecular weight is 359 g/mol. The van der Waals surface area contributed by atoms with Crippen molar-refractivity contribution in [2.75, 3.05) is 44.6 Å². The van der Waals surface area contributed by atoms with Gasteiger partial charge in [0.1, 0.15) is 0 Å². The Bertz CT molecular complexity index is 614. The Morgan fingerprint density at radius 1 is 1.16 bits per heavy atom. The third-order valence-electron chi connectivity index (χ3n) is 3.79. The SMILES string of the molecule is CCOC(=O)N1CCN(C(=O)CNc2cccc(C(F)(F)F)c2)CC1. The van der Waals surface area contributed by atoms with Crippen LogP contribution in [0.25, 0.3) is 0 Å². The second kappa shape index (κ2) is 8.09. The summed E-state index contributed by atoms with van der Waals surface area (Å²) in [5, 5.41) is 2.71. The van der Waals surface area contributed by atoms with Gasteiger partial charge < -0.3 is 19.9 Å². The lowest BCUT2D eigenvalue weighted by Gasteiger charge is -2.34. The zero-order chi connectivity index (χ0) is 18.4. The van der Waals surface area contributed by atoms with Crippen LogP contribution in [0.5, 0.6) is 0 Å². The molecule has 1 aliphatic heterocycles. The molecule has 0 aliphatic carbocycles. The highest BCUT2D eigenvalue weighted by Crippen LogP contribution is 2.30. The largest absolute Gasteiger partial charge is 0.450 e. The van der Waals surface area contributed by atoms with Gasteiger partial charge in [-0.1, -0.05) is 6.07 Å². The molecule has 0 atom stereocenters. The molecule has 1 aliphatic rings. The lowest BCUT2D eigenvalue weighted by Crippen LogP contribution is -2.51. The van der Waals surface area contributed by atoms with Crippen molar-refractivity contribution in [1.29, 1.82) is 0 Å². The summed E-state index contributed by atoms with van der Waals surface area (Å²) < 4.78 is 42.9. The van der Waals surface area contributed by atoms with E-state index in [1.54, 1.807) is 11.8 Å². The molecule has 0 spiro atoms. The zero-order valence-electron chi connectivity index (χ0n) is 13.8. The van der Waals surface area contributed by atoms with Crippen LogP contribution < -0.4 is 5.32 Å². The maximum atomic E-state index is 12.7. The van der Waals surface area contributed by atoms with Gasteiger partial charge in [-0.3, -0.25) is 4.79 Å². The first-order valence-corrected chi connectivity index (χ1v) is 7.92. The van der Waals surface area contributed by atoms with Gasteiger partial charge in [0.15, 0.2) is 0 Å². The topological polar surface area (TPSA) is 61.9 Å². The molecule has 1 aromatic carbocycles. The van der Waals surface area contributed by atoms with Crippen molar-refractivity contribution in [3.8, 4) is 0 Å². The predicted molar refractivity (Wildman–Crippen MR) is 85.1 cm³/mol. The minimum atomic E-state index is -4.43. The number of ether oxygens (including phenoxy) is 1. The number of amides is 2. The summed E-state index contributed by atoms with van der Waals surface area (Å²) in [6, 6.07) is 4.70. The van der Waals surface area contributed by atoms with Crippen LogP contribution in [-0.2, 0) is 15.7 Å². The lowest BCUT2D eigenvalue weighted by molar-refractivity contribution is -0.137. The van der Waals surface area contributed by atoms with E-state index in [4.69, 9.17) is 4.74 Å². The summed E-state index contributed by atoms with van der Waals surface area (Å²) in [6.07, 6.45) is -4.83. The highest BCUT2D eigenvalue weighted by molar-refractivity contribution is 5.81. The molecule has 2 amide bonds. The van der Waals surface area contributed by atoms with Gasteiger partial charge in [0.25, 0.3) is 0 Å². The summed E-state index contributed by atoms with van der Waals surface area (Å²) >= 11 is 0. The monoisotopic (exact) mass is 359 g/mol. The van der Waals surface area contributed by atoms with Gasteiger partial charge in [-0.05, 0) is 25.1 Å². The van der Waals surface area contributed by atoms with Crippen molar-refractivity contribution in [2.24, 2.45) is 0 Å². The Hall–Kier alpha value is -2.45. The first-order chi connectivity index (χ1) is 11.8. The highest BCUT2D eigenvalue weighted by atomic mass is 19.4. The van der Waals surface area contributed by atoms with Crippen LogP contribution >= 0.6 is 0 Å². The molecule has 6 nitrogen and oxygen atoms in total. The number of nitrogens with one attached hydrogen (secondary N) is 1. The summed E-state index contributed by atoms with van der Waals surface area (Å²) in [5.74, 6) is -0.235. The number of benzene rings is 1. The van der Waals surface area contributed by atoms with Crippen molar-refractivity contribution in [1.82, 2.24) is 9.80 Å². The second-order valence-electron chi connectivity index (χ2n) is 5.50. The quantitative estimate of drug-likeness (QED) is 0.897. The van der Waals surface area contributed by atoms with Crippen molar-refractivity contribution in [3.63, 3.8) is 0 Å². The molecule has 1 saturated heterocycles. The van der Waals surface area contributed by atoms with E-state index in [2.05, 4.69) is 5.32 Å². The third-order valence-corrected chi connectivity index (χ3v) is 3.79. The van der Waals surface area contributed by atoms with Crippen molar-refractivity contribution in [2.45, 2.75) is 13.1 Å². The van der Waals surface area contributed by atoms with Gasteiger partial charge in [0.05, 0.1) is 18.7 Å². The molecule has 1 N–H and O–H groups in total. The molecule has 0 saturated carbocycles. The second-order valence-corrected chi connectivity index (χ2v) is 5.50. The number of hydrogen-bond donors (Lipinski definition) is 1. The normalized spacial score (nSPS) is 15.0. The number of anilines is 1. The molecule has 2 rings (SSSR count). The van der Waals surface area contributed by atoms with E-state index >= 15 is 0 Å². The van der Waals surface area contributed by atoms with Gasteiger partial charge in [0, 0.05) is 31.9 Å². The van der Waals surface area contributed by atoms with E-state index < -0.39 is 17.8 Å². The van der Waals surface area contributed by atoms with Crippen LogP contribution in [0.4, 0.5) is 23.7 Å². The van der Waals surface area contributed by atoms with E-state index in [-0.39, 0.29) is 18.1 Å². The van der Waals surface area contributed by atoms with Crippen LogP contribution in [0, 0.1) is 0 Å². The standard InChI is InChI=1S/C16H20F3N3O3/c1-2-25-15(24)22-8-6-21(7-9-22)14(23)11-20-13-5-3-4-12(10-13)16(17,18)19/h3-5,10,20H,2,6-9,11H2,1H3. The molecule has 0 unspecified atom stereocenters. The van der Waals surface area contributed by atoms with Crippen LogP contribution in [0.2, 0.25) is 0 Å². The van der Waals surface area contributed by atoms with E-state index in [9.17, 15) is 22.8 Å². The molecule has 9 heteroatoms. The number of carbonyl (C=O) groups excluding carboxylic acids is 2. The molecule has 1 aromatic rings. The molecule has 0 aromatic heterocycles. The van der Waals surface area contributed by atoms with E-state index in [1.165, 1.54) is 17.0 Å². The number of nitrogens with zero attached hydrogens (tertiary/aromatic N) is 2. The summed E-state index contributed by atoms with van der Waals surface area (Å²) in [4.78, 5) is 26.8. The Kier molecular flexibility index (Phi) is 6.11.